The Hall–Kier alpha value is -0.710. The van der Waals surface area contributed by atoms with Crippen molar-refractivity contribution in [3.63, 3.8) is 0 Å². The van der Waals surface area contributed by atoms with Crippen LogP contribution in [0.5, 0.6) is 0 Å². The number of carboxylic acid groups (broad SMARTS) is 1. The Kier molecular flexibility index (Phi) is 6.30. The Morgan fingerprint density at radius 2 is 1.75 bits per heavy atom. The zero-order chi connectivity index (χ0) is 11.8. The second kappa shape index (κ2) is 7.54. The normalized spacial score (nSPS) is 17.8. The summed E-state index contributed by atoms with van der Waals surface area (Å²) in [5.74, 6) is -0.647. The lowest BCUT2D eigenvalue weighted by Crippen LogP contribution is -2.35. The third-order valence-corrected chi connectivity index (χ3v) is 3.60. The topological polar surface area (TPSA) is 66.4 Å². The van der Waals surface area contributed by atoms with Crippen molar-refractivity contribution in [2.45, 2.75) is 44.6 Å². The number of nitrogens with one attached hydrogen (secondary N) is 1. The first-order valence-corrected chi connectivity index (χ1v) is 6.93. The van der Waals surface area contributed by atoms with E-state index in [1.165, 1.54) is 25.7 Å². The fourth-order valence-electron chi connectivity index (χ4n) is 1.92. The molecule has 1 saturated carbocycles. The minimum Gasteiger partial charge on any atom is -0.481 e. The summed E-state index contributed by atoms with van der Waals surface area (Å²) in [6.45, 7) is 0. The van der Waals surface area contributed by atoms with Gasteiger partial charge < -0.3 is 10.4 Å². The van der Waals surface area contributed by atoms with Gasteiger partial charge in [0.1, 0.15) is 0 Å². The minimum atomic E-state index is -0.868. The zero-order valence-electron chi connectivity index (χ0n) is 9.41. The van der Waals surface area contributed by atoms with Gasteiger partial charge in [0.2, 0.25) is 5.91 Å². The average Bonchev–Trinajstić information content (AvgIpc) is 2.45. The van der Waals surface area contributed by atoms with Crippen LogP contribution in [-0.4, -0.2) is 34.5 Å². The molecular weight excluding hydrogens is 226 g/mol. The van der Waals surface area contributed by atoms with E-state index in [0.29, 0.717) is 6.04 Å². The second-order valence-electron chi connectivity index (χ2n) is 4.14. The van der Waals surface area contributed by atoms with Crippen LogP contribution in [0.1, 0.15) is 38.5 Å². The number of carbonyl (C=O) groups is 2. The molecule has 4 nitrogen and oxygen atoms in total. The molecule has 1 rings (SSSR count). The van der Waals surface area contributed by atoms with E-state index in [1.807, 2.05) is 0 Å². The van der Waals surface area contributed by atoms with Gasteiger partial charge in [-0.05, 0) is 12.8 Å². The van der Waals surface area contributed by atoms with Crippen molar-refractivity contribution in [3.8, 4) is 0 Å². The van der Waals surface area contributed by atoms with Gasteiger partial charge >= 0.3 is 5.97 Å². The van der Waals surface area contributed by atoms with Crippen molar-refractivity contribution in [1.29, 1.82) is 0 Å². The first-order valence-electron chi connectivity index (χ1n) is 5.77. The van der Waals surface area contributed by atoms with E-state index in [1.54, 1.807) is 0 Å². The quantitative estimate of drug-likeness (QED) is 0.723. The molecule has 1 aliphatic carbocycles. The summed E-state index contributed by atoms with van der Waals surface area (Å²) < 4.78 is 0. The summed E-state index contributed by atoms with van der Waals surface area (Å²) in [6.07, 6.45) is 7.03. The summed E-state index contributed by atoms with van der Waals surface area (Å²) >= 11 is 1.15. The van der Waals surface area contributed by atoms with Crippen LogP contribution in [0.4, 0.5) is 0 Å². The van der Waals surface area contributed by atoms with Crippen LogP contribution in [-0.2, 0) is 9.59 Å². The summed E-state index contributed by atoms with van der Waals surface area (Å²) in [5.41, 5.74) is 0. The highest BCUT2D eigenvalue weighted by atomic mass is 32.2. The van der Waals surface area contributed by atoms with Crippen molar-refractivity contribution in [3.05, 3.63) is 0 Å². The molecule has 0 aromatic carbocycles. The van der Waals surface area contributed by atoms with E-state index in [0.717, 1.165) is 24.6 Å². The van der Waals surface area contributed by atoms with E-state index in [9.17, 15) is 9.59 Å². The molecule has 1 amide bonds. The maximum absolute atomic E-state index is 11.5. The average molecular weight is 245 g/mol. The van der Waals surface area contributed by atoms with Crippen LogP contribution in [0.2, 0.25) is 0 Å². The molecule has 0 heterocycles. The molecule has 0 bridgehead atoms. The van der Waals surface area contributed by atoms with Gasteiger partial charge in [-0.3, -0.25) is 9.59 Å². The minimum absolute atomic E-state index is 0.00190. The molecule has 5 heteroatoms. The van der Waals surface area contributed by atoms with Crippen LogP contribution >= 0.6 is 11.8 Å². The summed E-state index contributed by atoms with van der Waals surface area (Å²) in [6, 6.07) is 0.306. The van der Waals surface area contributed by atoms with Crippen molar-refractivity contribution in [1.82, 2.24) is 5.32 Å². The lowest BCUT2D eigenvalue weighted by molar-refractivity contribution is -0.133. The molecule has 0 unspecified atom stereocenters. The van der Waals surface area contributed by atoms with E-state index >= 15 is 0 Å². The van der Waals surface area contributed by atoms with Crippen LogP contribution < -0.4 is 5.32 Å². The Labute approximate surface area is 100 Å². The number of carbonyl (C=O) groups excluding carboxylic acids is 1. The molecule has 92 valence electrons. The second-order valence-corrected chi connectivity index (χ2v) is 5.13. The molecule has 0 aliphatic heterocycles. The number of aliphatic carboxylic acids is 1. The number of hydrogen-bond acceptors (Lipinski definition) is 3. The van der Waals surface area contributed by atoms with Gasteiger partial charge in [-0.2, -0.15) is 0 Å². The van der Waals surface area contributed by atoms with Crippen molar-refractivity contribution in [2.24, 2.45) is 0 Å². The molecule has 0 aromatic rings. The molecule has 1 fully saturated rings. The van der Waals surface area contributed by atoms with E-state index < -0.39 is 5.97 Å². The van der Waals surface area contributed by atoms with Crippen LogP contribution in [0.25, 0.3) is 0 Å². The van der Waals surface area contributed by atoms with Gasteiger partial charge in [-0.15, -0.1) is 11.8 Å². The van der Waals surface area contributed by atoms with Gasteiger partial charge in [0.25, 0.3) is 0 Å². The molecule has 1 aliphatic rings. The Morgan fingerprint density at radius 3 is 2.31 bits per heavy atom. The smallest absolute Gasteiger partial charge is 0.313 e. The third kappa shape index (κ3) is 6.00. The Bertz CT molecular complexity index is 237. The maximum Gasteiger partial charge on any atom is 0.313 e. The molecule has 0 spiro atoms. The van der Waals surface area contributed by atoms with Crippen LogP contribution in [0.3, 0.4) is 0 Å². The molecule has 2 N–H and O–H groups in total. The lowest BCUT2D eigenvalue weighted by Gasteiger charge is -2.15. The lowest BCUT2D eigenvalue weighted by atomic mass is 10.1. The van der Waals surface area contributed by atoms with Gasteiger partial charge in [0.05, 0.1) is 11.5 Å². The van der Waals surface area contributed by atoms with Crippen molar-refractivity contribution >= 4 is 23.6 Å². The van der Waals surface area contributed by atoms with Gasteiger partial charge in [0.15, 0.2) is 0 Å². The zero-order valence-corrected chi connectivity index (χ0v) is 10.2. The standard InChI is InChI=1S/C11H19NO3S/c13-10(7-16-8-11(14)15)12-9-5-3-1-2-4-6-9/h9H,1-8H2,(H,12,13)(H,14,15). The van der Waals surface area contributed by atoms with E-state index in [-0.39, 0.29) is 17.4 Å². The molecule has 0 saturated heterocycles. The van der Waals surface area contributed by atoms with E-state index in [2.05, 4.69) is 5.32 Å². The molecule has 0 radical (unpaired) electrons. The predicted molar refractivity (Wildman–Crippen MR) is 64.6 cm³/mol. The largest absolute Gasteiger partial charge is 0.481 e. The van der Waals surface area contributed by atoms with Crippen molar-refractivity contribution in [2.75, 3.05) is 11.5 Å². The van der Waals surface area contributed by atoms with Crippen LogP contribution in [0, 0.1) is 0 Å². The van der Waals surface area contributed by atoms with Gasteiger partial charge in [-0.1, -0.05) is 25.7 Å². The van der Waals surface area contributed by atoms with Gasteiger partial charge in [-0.25, -0.2) is 0 Å². The van der Waals surface area contributed by atoms with E-state index in [4.69, 9.17) is 5.11 Å². The number of amides is 1. The highest BCUT2D eigenvalue weighted by molar-refractivity contribution is 8.00. The monoisotopic (exact) mass is 245 g/mol. The highest BCUT2D eigenvalue weighted by Gasteiger charge is 2.14. The Balaban J connectivity index is 2.14. The number of carboxylic acids is 1. The molecule has 16 heavy (non-hydrogen) atoms. The molecular formula is C11H19NO3S. The summed E-state index contributed by atoms with van der Waals surface area (Å²) in [5, 5.41) is 11.4. The first-order chi connectivity index (χ1) is 7.68. The highest BCUT2D eigenvalue weighted by Crippen LogP contribution is 2.17. The SMILES string of the molecule is O=C(O)CSCC(=O)NC1CCCCCC1. The maximum atomic E-state index is 11.5. The Morgan fingerprint density at radius 1 is 1.12 bits per heavy atom. The first kappa shape index (κ1) is 13.4. The summed E-state index contributed by atoms with van der Waals surface area (Å²) in [7, 11) is 0. The summed E-state index contributed by atoms with van der Waals surface area (Å²) in [4.78, 5) is 21.7. The number of rotatable bonds is 5. The van der Waals surface area contributed by atoms with Crippen LogP contribution in [0.15, 0.2) is 0 Å². The molecule has 0 aromatic heterocycles. The van der Waals surface area contributed by atoms with Gasteiger partial charge in [0, 0.05) is 6.04 Å². The number of hydrogen-bond donors (Lipinski definition) is 2. The fraction of sp³-hybridized carbons (Fsp3) is 0.818. The van der Waals surface area contributed by atoms with Crippen molar-refractivity contribution < 1.29 is 14.7 Å². The molecule has 0 atom stereocenters. The predicted octanol–water partition coefficient (Wildman–Crippen LogP) is 1.64. The third-order valence-electron chi connectivity index (χ3n) is 2.68. The fourth-order valence-corrected chi connectivity index (χ4v) is 2.47. The number of thioether (sulfide) groups is 1.